The van der Waals surface area contributed by atoms with Crippen LogP contribution >= 0.6 is 11.6 Å². The number of hydrogen-bond acceptors (Lipinski definition) is 4. The molecule has 3 aromatic rings. The largest absolute Gasteiger partial charge is 0.492 e. The molecule has 0 saturated carbocycles. The van der Waals surface area contributed by atoms with Crippen molar-refractivity contribution in [1.29, 1.82) is 0 Å². The second-order valence-electron chi connectivity index (χ2n) is 8.27. The SMILES string of the molecule is CCN(CC)CCOc1ccc(C(=C(Cl)c2ccccc2)c2ccccc2)cc1.O=CCCCC(=O)O. The van der Waals surface area contributed by atoms with E-state index in [0.29, 0.717) is 19.4 Å². The number of carboxylic acids is 1. The molecule has 37 heavy (non-hydrogen) atoms. The molecule has 0 saturated heterocycles. The van der Waals surface area contributed by atoms with E-state index < -0.39 is 5.97 Å². The number of unbranched alkanes of at least 4 members (excludes halogenated alkanes) is 1. The van der Waals surface area contributed by atoms with E-state index >= 15 is 0 Å². The van der Waals surface area contributed by atoms with E-state index in [9.17, 15) is 9.59 Å². The summed E-state index contributed by atoms with van der Waals surface area (Å²) in [4.78, 5) is 21.7. The highest BCUT2D eigenvalue weighted by molar-refractivity contribution is 6.53. The van der Waals surface area contributed by atoms with E-state index in [4.69, 9.17) is 21.4 Å². The van der Waals surface area contributed by atoms with Crippen molar-refractivity contribution in [3.63, 3.8) is 0 Å². The van der Waals surface area contributed by atoms with E-state index in [2.05, 4.69) is 43.0 Å². The monoisotopic (exact) mass is 521 g/mol. The van der Waals surface area contributed by atoms with Crippen LogP contribution in [0.5, 0.6) is 5.75 Å². The average Bonchev–Trinajstić information content (AvgIpc) is 2.93. The molecule has 1 N–H and O–H groups in total. The number of rotatable bonds is 13. The maximum Gasteiger partial charge on any atom is 0.303 e. The number of carbonyl (C=O) groups is 2. The van der Waals surface area contributed by atoms with Gasteiger partial charge in [0.15, 0.2) is 0 Å². The summed E-state index contributed by atoms with van der Waals surface area (Å²) in [6.07, 6.45) is 1.63. The highest BCUT2D eigenvalue weighted by Gasteiger charge is 2.12. The molecule has 0 bridgehead atoms. The first-order valence-electron chi connectivity index (χ1n) is 12.6. The molecule has 5 nitrogen and oxygen atoms in total. The van der Waals surface area contributed by atoms with Gasteiger partial charge in [-0.05, 0) is 48.3 Å². The van der Waals surface area contributed by atoms with E-state index in [1.54, 1.807) is 0 Å². The van der Waals surface area contributed by atoms with Crippen LogP contribution < -0.4 is 4.74 Å². The van der Waals surface area contributed by atoms with Crippen LogP contribution in [0.15, 0.2) is 84.9 Å². The number of carbonyl (C=O) groups excluding carboxylic acids is 1. The standard InChI is InChI=1S/C26H28ClNO.C5H8O3/c1-3-28(4-2)19-20-29-24-17-15-22(16-18-24)25(21-11-7-5-8-12-21)26(27)23-13-9-6-10-14-23;6-4-2-1-3-5(7)8/h5-18H,3-4,19-20H2,1-2H3;4H,1-3H2,(H,7,8). The summed E-state index contributed by atoms with van der Waals surface area (Å²) < 4.78 is 5.94. The molecule has 0 heterocycles. The van der Waals surface area contributed by atoms with Gasteiger partial charge >= 0.3 is 5.97 Å². The van der Waals surface area contributed by atoms with Gasteiger partial charge in [-0.3, -0.25) is 4.79 Å². The molecule has 0 amide bonds. The van der Waals surface area contributed by atoms with Gasteiger partial charge in [0.1, 0.15) is 18.6 Å². The summed E-state index contributed by atoms with van der Waals surface area (Å²) in [5.41, 5.74) is 4.19. The van der Waals surface area contributed by atoms with Crippen LogP contribution in [0.3, 0.4) is 0 Å². The van der Waals surface area contributed by atoms with Gasteiger partial charge in [-0.15, -0.1) is 0 Å². The summed E-state index contributed by atoms with van der Waals surface area (Å²) in [5.74, 6) is 0.0380. The average molecular weight is 522 g/mol. The molecule has 196 valence electrons. The lowest BCUT2D eigenvalue weighted by atomic mass is 9.95. The zero-order valence-corrected chi connectivity index (χ0v) is 22.4. The van der Waals surface area contributed by atoms with Crippen LogP contribution in [0.4, 0.5) is 0 Å². The Morgan fingerprint density at radius 2 is 1.41 bits per heavy atom. The summed E-state index contributed by atoms with van der Waals surface area (Å²) in [6, 6.07) is 28.6. The lowest BCUT2D eigenvalue weighted by Crippen LogP contribution is -2.27. The smallest absolute Gasteiger partial charge is 0.303 e. The Morgan fingerprint density at radius 1 is 0.865 bits per heavy atom. The molecule has 0 aromatic heterocycles. The molecule has 0 aliphatic heterocycles. The lowest BCUT2D eigenvalue weighted by molar-refractivity contribution is -0.137. The normalized spacial score (nSPS) is 11.2. The van der Waals surface area contributed by atoms with Gasteiger partial charge in [-0.2, -0.15) is 0 Å². The summed E-state index contributed by atoms with van der Waals surface area (Å²) in [7, 11) is 0. The van der Waals surface area contributed by atoms with Gasteiger partial charge in [0, 0.05) is 25.0 Å². The third-order valence-electron chi connectivity index (χ3n) is 5.74. The van der Waals surface area contributed by atoms with Crippen molar-refractivity contribution in [3.05, 3.63) is 102 Å². The van der Waals surface area contributed by atoms with Gasteiger partial charge in [-0.25, -0.2) is 0 Å². The molecular formula is C31H36ClNO4. The number of carboxylic acid groups (broad SMARTS) is 1. The van der Waals surface area contributed by atoms with Crippen LogP contribution in [-0.2, 0) is 9.59 Å². The van der Waals surface area contributed by atoms with Gasteiger partial charge in [0.25, 0.3) is 0 Å². The fourth-order valence-electron chi connectivity index (χ4n) is 3.64. The third-order valence-corrected chi connectivity index (χ3v) is 6.14. The van der Waals surface area contributed by atoms with Crippen molar-refractivity contribution >= 4 is 34.5 Å². The Labute approximate surface area is 225 Å². The van der Waals surface area contributed by atoms with Crippen LogP contribution in [0, 0.1) is 0 Å². The van der Waals surface area contributed by atoms with Crippen LogP contribution in [-0.4, -0.2) is 48.5 Å². The molecule has 0 radical (unpaired) electrons. The number of nitrogens with zero attached hydrogens (tertiary/aromatic N) is 1. The molecule has 0 aliphatic rings. The van der Waals surface area contributed by atoms with Crippen molar-refractivity contribution in [2.24, 2.45) is 0 Å². The first kappa shape index (κ1) is 29.8. The number of ether oxygens (including phenoxy) is 1. The number of aliphatic carboxylic acids is 1. The van der Waals surface area contributed by atoms with Crippen LogP contribution in [0.2, 0.25) is 0 Å². The van der Waals surface area contributed by atoms with E-state index in [1.165, 1.54) is 0 Å². The minimum absolute atomic E-state index is 0.0960. The van der Waals surface area contributed by atoms with Crippen LogP contribution in [0.1, 0.15) is 49.8 Å². The molecule has 0 fully saturated rings. The van der Waals surface area contributed by atoms with Gasteiger partial charge in [0.2, 0.25) is 0 Å². The lowest BCUT2D eigenvalue weighted by Gasteiger charge is -2.18. The van der Waals surface area contributed by atoms with Crippen molar-refractivity contribution < 1.29 is 19.4 Å². The highest BCUT2D eigenvalue weighted by atomic mass is 35.5. The summed E-state index contributed by atoms with van der Waals surface area (Å²) in [6.45, 7) is 8.05. The minimum Gasteiger partial charge on any atom is -0.492 e. The number of benzene rings is 3. The molecule has 0 atom stereocenters. The van der Waals surface area contributed by atoms with E-state index in [-0.39, 0.29) is 6.42 Å². The molecule has 0 spiro atoms. The van der Waals surface area contributed by atoms with Gasteiger partial charge < -0.3 is 19.5 Å². The van der Waals surface area contributed by atoms with Crippen molar-refractivity contribution in [3.8, 4) is 5.75 Å². The molecule has 0 unspecified atom stereocenters. The maximum atomic E-state index is 9.76. The molecule has 6 heteroatoms. The first-order valence-corrected chi connectivity index (χ1v) is 13.0. The van der Waals surface area contributed by atoms with Gasteiger partial charge in [-0.1, -0.05) is 98.2 Å². The second kappa shape index (κ2) is 17.1. The third kappa shape index (κ3) is 10.6. The zero-order chi connectivity index (χ0) is 26.9. The van der Waals surface area contributed by atoms with E-state index in [0.717, 1.165) is 59.0 Å². The summed E-state index contributed by atoms with van der Waals surface area (Å²) in [5, 5.41) is 8.77. The Hall–Kier alpha value is -3.41. The van der Waals surface area contributed by atoms with Crippen molar-refractivity contribution in [2.75, 3.05) is 26.2 Å². The fourth-order valence-corrected chi connectivity index (χ4v) is 3.98. The van der Waals surface area contributed by atoms with Gasteiger partial charge in [0.05, 0.1) is 5.03 Å². The molecule has 3 aromatic carbocycles. The first-order chi connectivity index (χ1) is 18.0. The zero-order valence-electron chi connectivity index (χ0n) is 21.6. The molecule has 3 rings (SSSR count). The quantitative estimate of drug-likeness (QED) is 0.149. The number of halogens is 1. The summed E-state index contributed by atoms with van der Waals surface area (Å²) >= 11 is 6.87. The Balaban J connectivity index is 0.000000521. The highest BCUT2D eigenvalue weighted by Crippen LogP contribution is 2.35. The van der Waals surface area contributed by atoms with E-state index in [1.807, 2.05) is 60.7 Å². The number of likely N-dealkylation sites (N-methyl/N-ethyl adjacent to an activating group) is 1. The predicted octanol–water partition coefficient (Wildman–Crippen LogP) is 7.00. The Bertz CT molecular complexity index is 1100. The van der Waals surface area contributed by atoms with Crippen molar-refractivity contribution in [1.82, 2.24) is 4.90 Å². The minimum atomic E-state index is -0.841. The molecular weight excluding hydrogens is 486 g/mol. The van der Waals surface area contributed by atoms with Crippen LogP contribution in [0.25, 0.3) is 10.6 Å². The fraction of sp³-hybridized carbons (Fsp3) is 0.290. The Morgan fingerprint density at radius 3 is 1.92 bits per heavy atom. The number of hydrogen-bond donors (Lipinski definition) is 1. The maximum absolute atomic E-state index is 9.76. The number of aldehydes is 1. The topological polar surface area (TPSA) is 66.8 Å². The Kier molecular flexibility index (Phi) is 13.8. The van der Waals surface area contributed by atoms with Crippen molar-refractivity contribution in [2.45, 2.75) is 33.1 Å². The molecule has 0 aliphatic carbocycles. The second-order valence-corrected chi connectivity index (χ2v) is 8.65. The predicted molar refractivity (Wildman–Crippen MR) is 152 cm³/mol.